The Morgan fingerprint density at radius 1 is 1.31 bits per heavy atom. The van der Waals surface area contributed by atoms with Crippen molar-refractivity contribution in [2.45, 2.75) is 32.2 Å². The van der Waals surface area contributed by atoms with Gasteiger partial charge in [0.2, 0.25) is 0 Å². The van der Waals surface area contributed by atoms with E-state index in [0.717, 1.165) is 19.0 Å². The minimum Gasteiger partial charge on any atom is -0.317 e. The van der Waals surface area contributed by atoms with Crippen LogP contribution in [0.2, 0.25) is 0 Å². The van der Waals surface area contributed by atoms with Gasteiger partial charge in [0.25, 0.3) is 0 Å². The largest absolute Gasteiger partial charge is 0.317 e. The number of piperidine rings is 1. The van der Waals surface area contributed by atoms with Crippen molar-refractivity contribution in [1.29, 1.82) is 0 Å². The molecule has 2 nitrogen and oxygen atoms in total. The van der Waals surface area contributed by atoms with E-state index in [0.29, 0.717) is 0 Å². The van der Waals surface area contributed by atoms with Crippen molar-refractivity contribution in [2.24, 2.45) is 0 Å². The van der Waals surface area contributed by atoms with Crippen LogP contribution in [0.4, 0.5) is 0 Å². The smallest absolute Gasteiger partial charge is 0.00913 e. The van der Waals surface area contributed by atoms with Crippen LogP contribution in [0.3, 0.4) is 0 Å². The molecule has 0 spiro atoms. The summed E-state index contributed by atoms with van der Waals surface area (Å²) in [4.78, 5) is 0. The molecule has 1 fully saturated rings. The molecule has 0 aromatic heterocycles. The molecule has 0 aliphatic carbocycles. The van der Waals surface area contributed by atoms with Crippen LogP contribution in [0.15, 0.2) is 24.3 Å². The van der Waals surface area contributed by atoms with Gasteiger partial charge in [-0.1, -0.05) is 29.8 Å². The number of nitrogens with one attached hydrogen (secondary N) is 2. The fourth-order valence-electron chi connectivity index (χ4n) is 2.31. The standard InChI is InChI=1S/C14H22N2/c1-12-3-2-4-13(11-12)5-10-16-14-6-8-15-9-7-14/h2-4,11,14-16H,5-10H2,1H3. The molecule has 0 amide bonds. The Labute approximate surface area is 98.4 Å². The molecule has 1 aliphatic heterocycles. The highest BCUT2D eigenvalue weighted by molar-refractivity contribution is 5.22. The first kappa shape index (κ1) is 11.6. The second kappa shape index (κ2) is 6.02. The van der Waals surface area contributed by atoms with Gasteiger partial charge in [0, 0.05) is 6.04 Å². The fraction of sp³-hybridized carbons (Fsp3) is 0.571. The predicted molar refractivity (Wildman–Crippen MR) is 68.8 cm³/mol. The zero-order valence-corrected chi connectivity index (χ0v) is 10.1. The van der Waals surface area contributed by atoms with Crippen molar-refractivity contribution in [2.75, 3.05) is 19.6 Å². The lowest BCUT2D eigenvalue weighted by Crippen LogP contribution is -2.40. The molecule has 88 valence electrons. The second-order valence-electron chi connectivity index (χ2n) is 4.72. The van der Waals surface area contributed by atoms with Gasteiger partial charge in [-0.05, 0) is 51.4 Å². The Balaban J connectivity index is 1.71. The van der Waals surface area contributed by atoms with Gasteiger partial charge >= 0.3 is 0 Å². The first-order valence-electron chi connectivity index (χ1n) is 6.34. The van der Waals surface area contributed by atoms with Crippen LogP contribution in [0.5, 0.6) is 0 Å². The highest BCUT2D eigenvalue weighted by Crippen LogP contribution is 2.05. The summed E-state index contributed by atoms with van der Waals surface area (Å²) in [5.74, 6) is 0. The summed E-state index contributed by atoms with van der Waals surface area (Å²) in [6.07, 6.45) is 3.69. The third kappa shape index (κ3) is 3.62. The molecule has 1 aromatic carbocycles. The Morgan fingerprint density at radius 3 is 2.88 bits per heavy atom. The molecule has 0 unspecified atom stereocenters. The van der Waals surface area contributed by atoms with E-state index in [1.807, 2.05) is 0 Å². The molecular weight excluding hydrogens is 196 g/mol. The zero-order valence-electron chi connectivity index (χ0n) is 10.1. The minimum atomic E-state index is 0.728. The van der Waals surface area contributed by atoms with E-state index < -0.39 is 0 Å². The molecule has 1 aliphatic rings. The monoisotopic (exact) mass is 218 g/mol. The number of hydrogen-bond donors (Lipinski definition) is 2. The second-order valence-corrected chi connectivity index (χ2v) is 4.72. The summed E-state index contributed by atoms with van der Waals surface area (Å²) < 4.78 is 0. The third-order valence-electron chi connectivity index (χ3n) is 3.27. The zero-order chi connectivity index (χ0) is 11.2. The SMILES string of the molecule is Cc1cccc(CCNC2CCNCC2)c1. The molecule has 1 aromatic rings. The van der Waals surface area contributed by atoms with Crippen molar-refractivity contribution < 1.29 is 0 Å². The topological polar surface area (TPSA) is 24.1 Å². The molecule has 0 saturated carbocycles. The van der Waals surface area contributed by atoms with Crippen LogP contribution in [0, 0.1) is 6.92 Å². The van der Waals surface area contributed by atoms with E-state index in [9.17, 15) is 0 Å². The highest BCUT2D eigenvalue weighted by Gasteiger charge is 2.11. The van der Waals surface area contributed by atoms with Crippen LogP contribution in [0.25, 0.3) is 0 Å². The molecule has 0 bridgehead atoms. The quantitative estimate of drug-likeness (QED) is 0.806. The van der Waals surface area contributed by atoms with E-state index in [1.165, 1.54) is 37.1 Å². The lowest BCUT2D eigenvalue weighted by molar-refractivity contribution is 0.389. The number of rotatable bonds is 4. The molecule has 1 saturated heterocycles. The molecular formula is C14H22N2. The maximum Gasteiger partial charge on any atom is 0.00913 e. The Morgan fingerprint density at radius 2 is 2.12 bits per heavy atom. The van der Waals surface area contributed by atoms with Crippen LogP contribution in [0.1, 0.15) is 24.0 Å². The van der Waals surface area contributed by atoms with E-state index >= 15 is 0 Å². The van der Waals surface area contributed by atoms with Crippen molar-refractivity contribution >= 4 is 0 Å². The Kier molecular flexibility index (Phi) is 4.37. The average molecular weight is 218 g/mol. The van der Waals surface area contributed by atoms with Gasteiger partial charge in [0.15, 0.2) is 0 Å². The van der Waals surface area contributed by atoms with E-state index in [4.69, 9.17) is 0 Å². The predicted octanol–water partition coefficient (Wildman–Crippen LogP) is 1.88. The number of hydrogen-bond acceptors (Lipinski definition) is 2. The third-order valence-corrected chi connectivity index (χ3v) is 3.27. The highest BCUT2D eigenvalue weighted by atomic mass is 15.0. The molecule has 2 N–H and O–H groups in total. The molecule has 2 heteroatoms. The van der Waals surface area contributed by atoms with Gasteiger partial charge < -0.3 is 10.6 Å². The molecule has 2 rings (SSSR count). The average Bonchev–Trinajstić information content (AvgIpc) is 2.30. The summed E-state index contributed by atoms with van der Waals surface area (Å²) in [6.45, 7) is 5.60. The maximum absolute atomic E-state index is 3.65. The van der Waals surface area contributed by atoms with E-state index in [-0.39, 0.29) is 0 Å². The summed E-state index contributed by atoms with van der Waals surface area (Å²) in [5.41, 5.74) is 2.81. The van der Waals surface area contributed by atoms with Gasteiger partial charge in [-0.15, -0.1) is 0 Å². The first-order chi connectivity index (χ1) is 7.84. The summed E-state index contributed by atoms with van der Waals surface area (Å²) in [7, 11) is 0. The molecule has 0 radical (unpaired) electrons. The van der Waals surface area contributed by atoms with Gasteiger partial charge in [-0.3, -0.25) is 0 Å². The number of benzene rings is 1. The van der Waals surface area contributed by atoms with Crippen LogP contribution in [-0.2, 0) is 6.42 Å². The van der Waals surface area contributed by atoms with Gasteiger partial charge in [0.05, 0.1) is 0 Å². The van der Waals surface area contributed by atoms with Crippen LogP contribution >= 0.6 is 0 Å². The summed E-state index contributed by atoms with van der Waals surface area (Å²) in [5, 5.41) is 7.04. The maximum atomic E-state index is 3.65. The molecule has 1 heterocycles. The first-order valence-corrected chi connectivity index (χ1v) is 6.34. The van der Waals surface area contributed by atoms with Crippen LogP contribution in [-0.4, -0.2) is 25.7 Å². The van der Waals surface area contributed by atoms with E-state index in [1.54, 1.807) is 0 Å². The summed E-state index contributed by atoms with van der Waals surface area (Å²) in [6, 6.07) is 9.53. The molecule has 0 atom stereocenters. The Bertz CT molecular complexity index is 316. The van der Waals surface area contributed by atoms with Crippen LogP contribution < -0.4 is 10.6 Å². The van der Waals surface area contributed by atoms with E-state index in [2.05, 4.69) is 41.8 Å². The van der Waals surface area contributed by atoms with Gasteiger partial charge in [0.1, 0.15) is 0 Å². The van der Waals surface area contributed by atoms with Gasteiger partial charge in [-0.25, -0.2) is 0 Å². The Hall–Kier alpha value is -0.860. The minimum absolute atomic E-state index is 0.728. The van der Waals surface area contributed by atoms with Crippen molar-refractivity contribution in [3.05, 3.63) is 35.4 Å². The van der Waals surface area contributed by atoms with Gasteiger partial charge in [-0.2, -0.15) is 0 Å². The molecule has 16 heavy (non-hydrogen) atoms. The normalized spacial score (nSPS) is 17.6. The van der Waals surface area contributed by atoms with Crippen molar-refractivity contribution in [3.63, 3.8) is 0 Å². The van der Waals surface area contributed by atoms with Crippen molar-refractivity contribution in [3.8, 4) is 0 Å². The number of aryl methyl sites for hydroxylation is 1. The van der Waals surface area contributed by atoms with Crippen molar-refractivity contribution in [1.82, 2.24) is 10.6 Å². The fourth-order valence-corrected chi connectivity index (χ4v) is 2.31. The lowest BCUT2D eigenvalue weighted by Gasteiger charge is -2.23. The summed E-state index contributed by atoms with van der Waals surface area (Å²) >= 11 is 0. The lowest BCUT2D eigenvalue weighted by atomic mass is 10.1.